The number of hydrogen-bond acceptors (Lipinski definition) is 4. The molecule has 6 heteroatoms. The summed E-state index contributed by atoms with van der Waals surface area (Å²) in [5, 5.41) is 20.1. The van der Waals surface area contributed by atoms with Gasteiger partial charge in [-0.3, -0.25) is 9.48 Å². The zero-order valence-corrected chi connectivity index (χ0v) is 14.1. The zero-order chi connectivity index (χ0) is 17.1. The minimum Gasteiger partial charge on any atom is -0.392 e. The van der Waals surface area contributed by atoms with Crippen LogP contribution >= 0.6 is 0 Å². The molecular formula is C18H24N4O2. The Morgan fingerprint density at radius 1 is 1.38 bits per heavy atom. The average Bonchev–Trinajstić information content (AvgIpc) is 3.11. The molecule has 3 N–H and O–H groups in total. The molecule has 1 aliphatic rings. The minimum atomic E-state index is -0.433. The highest BCUT2D eigenvalue weighted by molar-refractivity contribution is 5.82. The van der Waals surface area contributed by atoms with Gasteiger partial charge in [0.05, 0.1) is 24.4 Å². The van der Waals surface area contributed by atoms with Crippen molar-refractivity contribution < 1.29 is 9.90 Å². The fraction of sp³-hybridized carbons (Fsp3) is 0.444. The molecule has 1 aromatic heterocycles. The number of aliphatic hydroxyl groups excluding tert-OH is 1. The molecule has 0 aliphatic carbocycles. The second kappa shape index (κ2) is 7.15. The van der Waals surface area contributed by atoms with E-state index in [1.165, 1.54) is 5.56 Å². The Morgan fingerprint density at radius 3 is 2.79 bits per heavy atom. The summed E-state index contributed by atoms with van der Waals surface area (Å²) in [6.07, 6.45) is 0.0368. The molecule has 6 nitrogen and oxygen atoms in total. The number of nitrogens with zero attached hydrogens (tertiary/aromatic N) is 2. The lowest BCUT2D eigenvalue weighted by Gasteiger charge is -2.11. The summed E-state index contributed by atoms with van der Waals surface area (Å²) < 4.78 is 1.98. The first-order valence-electron chi connectivity index (χ1n) is 8.30. The van der Waals surface area contributed by atoms with Gasteiger partial charge >= 0.3 is 0 Å². The molecule has 3 rings (SSSR count). The molecule has 1 aliphatic heterocycles. The number of aromatic nitrogens is 2. The quantitative estimate of drug-likeness (QED) is 0.761. The standard InChI is InChI=1S/C18H24N4O2/c1-12-16(10-20-18(24)17-8-15(23)9-19-17)13(2)22(21-12)11-14-6-4-3-5-7-14/h3-7,15,17,19,23H,8-11H2,1-2H3,(H,20,24)/t15-,17+/m0/s1. The molecule has 1 amide bonds. The molecular weight excluding hydrogens is 304 g/mol. The van der Waals surface area contributed by atoms with Crippen LogP contribution in [0.4, 0.5) is 0 Å². The topological polar surface area (TPSA) is 79.2 Å². The van der Waals surface area contributed by atoms with Crippen LogP contribution in [-0.2, 0) is 17.9 Å². The molecule has 128 valence electrons. The summed E-state index contributed by atoms with van der Waals surface area (Å²) in [4.78, 5) is 12.2. The van der Waals surface area contributed by atoms with E-state index in [-0.39, 0.29) is 11.9 Å². The van der Waals surface area contributed by atoms with Gasteiger partial charge < -0.3 is 15.7 Å². The summed E-state index contributed by atoms with van der Waals surface area (Å²) in [7, 11) is 0. The molecule has 0 radical (unpaired) electrons. The summed E-state index contributed by atoms with van der Waals surface area (Å²) >= 11 is 0. The number of nitrogens with one attached hydrogen (secondary N) is 2. The molecule has 0 saturated carbocycles. The van der Waals surface area contributed by atoms with Crippen molar-refractivity contribution in [2.75, 3.05) is 6.54 Å². The maximum Gasteiger partial charge on any atom is 0.237 e. The molecule has 1 fully saturated rings. The van der Waals surface area contributed by atoms with Gasteiger partial charge in [0.15, 0.2) is 0 Å². The normalized spacial score (nSPS) is 20.3. The van der Waals surface area contributed by atoms with Gasteiger partial charge in [-0.25, -0.2) is 0 Å². The van der Waals surface area contributed by atoms with Gasteiger partial charge in [0.25, 0.3) is 0 Å². The second-order valence-corrected chi connectivity index (χ2v) is 6.36. The monoisotopic (exact) mass is 328 g/mol. The fourth-order valence-electron chi connectivity index (χ4n) is 3.12. The Morgan fingerprint density at radius 2 is 2.12 bits per heavy atom. The lowest BCUT2D eigenvalue weighted by Crippen LogP contribution is -2.40. The smallest absolute Gasteiger partial charge is 0.237 e. The van der Waals surface area contributed by atoms with E-state index < -0.39 is 6.10 Å². The number of carbonyl (C=O) groups excluding carboxylic acids is 1. The molecule has 2 atom stereocenters. The van der Waals surface area contributed by atoms with Crippen LogP contribution in [-0.4, -0.2) is 39.5 Å². The molecule has 24 heavy (non-hydrogen) atoms. The number of rotatable bonds is 5. The van der Waals surface area contributed by atoms with Gasteiger partial charge in [0, 0.05) is 24.3 Å². The lowest BCUT2D eigenvalue weighted by molar-refractivity contribution is -0.123. The van der Waals surface area contributed by atoms with Gasteiger partial charge in [0.1, 0.15) is 0 Å². The third kappa shape index (κ3) is 3.66. The molecule has 0 bridgehead atoms. The number of hydrogen-bond donors (Lipinski definition) is 3. The molecule has 1 saturated heterocycles. The van der Waals surface area contributed by atoms with Gasteiger partial charge in [-0.15, -0.1) is 0 Å². The Labute approximate surface area is 141 Å². The highest BCUT2D eigenvalue weighted by Crippen LogP contribution is 2.15. The highest BCUT2D eigenvalue weighted by Gasteiger charge is 2.28. The molecule has 1 aromatic carbocycles. The van der Waals surface area contributed by atoms with Crippen molar-refractivity contribution in [2.24, 2.45) is 0 Å². The van der Waals surface area contributed by atoms with Crippen LogP contribution in [0.15, 0.2) is 30.3 Å². The summed E-state index contributed by atoms with van der Waals surface area (Å²) in [5.74, 6) is -0.0684. The number of aliphatic hydroxyl groups is 1. The van der Waals surface area contributed by atoms with E-state index in [1.807, 2.05) is 36.7 Å². The second-order valence-electron chi connectivity index (χ2n) is 6.36. The van der Waals surface area contributed by atoms with Gasteiger partial charge in [-0.1, -0.05) is 30.3 Å². The van der Waals surface area contributed by atoms with E-state index >= 15 is 0 Å². The Hall–Kier alpha value is -2.18. The van der Waals surface area contributed by atoms with Crippen molar-refractivity contribution in [1.29, 1.82) is 0 Å². The molecule has 0 unspecified atom stereocenters. The van der Waals surface area contributed by atoms with Crippen LogP contribution in [0.3, 0.4) is 0 Å². The summed E-state index contributed by atoms with van der Waals surface area (Å²) in [6, 6.07) is 9.89. The van der Waals surface area contributed by atoms with Gasteiger partial charge in [0.2, 0.25) is 5.91 Å². The van der Waals surface area contributed by atoms with E-state index in [9.17, 15) is 9.90 Å². The van der Waals surface area contributed by atoms with Crippen molar-refractivity contribution in [3.8, 4) is 0 Å². The van der Waals surface area contributed by atoms with Crippen LogP contribution < -0.4 is 10.6 Å². The third-order valence-corrected chi connectivity index (χ3v) is 4.57. The van der Waals surface area contributed by atoms with E-state index in [2.05, 4.69) is 27.9 Å². The van der Waals surface area contributed by atoms with Crippen molar-refractivity contribution in [3.63, 3.8) is 0 Å². The van der Waals surface area contributed by atoms with Crippen LogP contribution in [0.25, 0.3) is 0 Å². The van der Waals surface area contributed by atoms with Crippen molar-refractivity contribution in [1.82, 2.24) is 20.4 Å². The average molecular weight is 328 g/mol. The summed E-state index contributed by atoms with van der Waals surface area (Å²) in [5.41, 5.74) is 4.25. The molecule has 2 aromatic rings. The predicted molar refractivity (Wildman–Crippen MR) is 91.5 cm³/mol. The SMILES string of the molecule is Cc1nn(Cc2ccccc2)c(C)c1CNC(=O)[C@H]1C[C@H](O)CN1. The van der Waals surface area contributed by atoms with Crippen molar-refractivity contribution in [3.05, 3.63) is 52.8 Å². The van der Waals surface area contributed by atoms with Crippen LogP contribution in [0.1, 0.15) is 28.9 Å². The van der Waals surface area contributed by atoms with Crippen LogP contribution in [0.2, 0.25) is 0 Å². The van der Waals surface area contributed by atoms with E-state index in [0.29, 0.717) is 19.5 Å². The molecule has 2 heterocycles. The molecule has 0 spiro atoms. The number of benzene rings is 1. The maximum absolute atomic E-state index is 12.2. The number of aryl methyl sites for hydroxylation is 1. The maximum atomic E-state index is 12.2. The van der Waals surface area contributed by atoms with E-state index in [1.54, 1.807) is 0 Å². The zero-order valence-electron chi connectivity index (χ0n) is 14.1. The fourth-order valence-corrected chi connectivity index (χ4v) is 3.12. The predicted octanol–water partition coefficient (Wildman–Crippen LogP) is 0.887. The van der Waals surface area contributed by atoms with Gasteiger partial charge in [-0.05, 0) is 25.8 Å². The largest absolute Gasteiger partial charge is 0.392 e. The first-order chi connectivity index (χ1) is 11.5. The van der Waals surface area contributed by atoms with Crippen LogP contribution in [0.5, 0.6) is 0 Å². The number of amides is 1. The summed E-state index contributed by atoms with van der Waals surface area (Å²) in [6.45, 7) is 5.65. The van der Waals surface area contributed by atoms with E-state index in [0.717, 1.165) is 23.5 Å². The lowest BCUT2D eigenvalue weighted by atomic mass is 10.1. The van der Waals surface area contributed by atoms with E-state index in [4.69, 9.17) is 0 Å². The number of carbonyl (C=O) groups is 1. The Bertz CT molecular complexity index is 711. The Kier molecular flexibility index (Phi) is 4.97. The van der Waals surface area contributed by atoms with Crippen LogP contribution in [0, 0.1) is 13.8 Å². The first-order valence-corrected chi connectivity index (χ1v) is 8.30. The van der Waals surface area contributed by atoms with Crippen molar-refractivity contribution in [2.45, 2.75) is 45.5 Å². The van der Waals surface area contributed by atoms with Gasteiger partial charge in [-0.2, -0.15) is 5.10 Å². The first kappa shape index (κ1) is 16.7. The highest BCUT2D eigenvalue weighted by atomic mass is 16.3. The van der Waals surface area contributed by atoms with Crippen molar-refractivity contribution >= 4 is 5.91 Å². The Balaban J connectivity index is 1.65. The number of β-amino-alcohol motifs (C(OH)–C–C–N with tert-alkyl or cyclic N) is 1. The minimum absolute atomic E-state index is 0.0684. The third-order valence-electron chi connectivity index (χ3n) is 4.57.